The molecule has 0 spiro atoms. The summed E-state index contributed by atoms with van der Waals surface area (Å²) >= 11 is 1.78. The van der Waals surface area contributed by atoms with E-state index in [9.17, 15) is 4.79 Å². The van der Waals surface area contributed by atoms with Crippen LogP contribution in [0.4, 0.5) is 0 Å². The minimum absolute atomic E-state index is 0.0564. The van der Waals surface area contributed by atoms with Crippen molar-refractivity contribution in [3.05, 3.63) is 52.7 Å². The van der Waals surface area contributed by atoms with Gasteiger partial charge in [0.15, 0.2) is 6.61 Å². The smallest absolute Gasteiger partial charge is 0.258 e. The van der Waals surface area contributed by atoms with Gasteiger partial charge in [-0.25, -0.2) is 0 Å². The summed E-state index contributed by atoms with van der Waals surface area (Å²) in [5, 5.41) is 5.25. The van der Waals surface area contributed by atoms with Crippen LogP contribution in [0.5, 0.6) is 5.75 Å². The van der Waals surface area contributed by atoms with E-state index in [2.05, 4.69) is 29.8 Å². The van der Waals surface area contributed by atoms with Gasteiger partial charge in [-0.1, -0.05) is 24.3 Å². The Labute approximate surface area is 147 Å². The van der Waals surface area contributed by atoms with Gasteiger partial charge in [-0.3, -0.25) is 4.79 Å². The molecule has 24 heavy (non-hydrogen) atoms. The van der Waals surface area contributed by atoms with Gasteiger partial charge in [-0.05, 0) is 30.5 Å². The lowest BCUT2D eigenvalue weighted by molar-refractivity contribution is -0.920. The summed E-state index contributed by atoms with van der Waals surface area (Å²) in [4.78, 5) is 15.2. The number of carbonyl (C=O) groups is 1. The number of nitrogens with one attached hydrogen (secondary N) is 2. The zero-order valence-corrected chi connectivity index (χ0v) is 14.9. The number of carbonyl (C=O) groups excluding carboxylic acids is 1. The fraction of sp³-hybridized carbons (Fsp3) is 0.421. The molecule has 2 N–H and O–H groups in total. The van der Waals surface area contributed by atoms with Crippen molar-refractivity contribution >= 4 is 17.2 Å². The Hall–Kier alpha value is -1.85. The third kappa shape index (κ3) is 4.36. The van der Waals surface area contributed by atoms with Crippen LogP contribution in [0.1, 0.15) is 30.7 Å². The van der Waals surface area contributed by atoms with Gasteiger partial charge >= 0.3 is 0 Å². The fourth-order valence-electron chi connectivity index (χ4n) is 3.45. The monoisotopic (exact) mass is 345 g/mol. The number of likely N-dealkylation sites (tertiary alicyclic amines) is 1. The van der Waals surface area contributed by atoms with E-state index in [1.807, 2.05) is 30.3 Å². The van der Waals surface area contributed by atoms with Crippen molar-refractivity contribution < 1.29 is 14.4 Å². The first-order valence-electron chi connectivity index (χ1n) is 8.59. The second-order valence-corrected chi connectivity index (χ2v) is 7.30. The van der Waals surface area contributed by atoms with Gasteiger partial charge in [0, 0.05) is 12.8 Å². The van der Waals surface area contributed by atoms with Crippen LogP contribution in [0.3, 0.4) is 0 Å². The van der Waals surface area contributed by atoms with E-state index in [-0.39, 0.29) is 18.6 Å². The van der Waals surface area contributed by atoms with Crippen LogP contribution in [0, 0.1) is 0 Å². The molecule has 0 bridgehead atoms. The maximum absolute atomic E-state index is 12.3. The van der Waals surface area contributed by atoms with Crippen molar-refractivity contribution in [1.82, 2.24) is 5.32 Å². The Kier molecular flexibility index (Phi) is 5.88. The largest absolute Gasteiger partial charge is 0.484 e. The normalized spacial score (nSPS) is 17.4. The quantitative estimate of drug-likeness (QED) is 0.807. The number of thiophene rings is 1. The first-order valence-corrected chi connectivity index (χ1v) is 9.47. The molecular formula is C19H25N2O2S+. The molecule has 0 saturated carbocycles. The maximum atomic E-state index is 12.3. The molecule has 0 radical (unpaired) electrons. The summed E-state index contributed by atoms with van der Waals surface area (Å²) in [5.41, 5.74) is 0. The predicted molar refractivity (Wildman–Crippen MR) is 96.5 cm³/mol. The Morgan fingerprint density at radius 1 is 1.21 bits per heavy atom. The molecule has 2 aromatic rings. The number of ether oxygens (including phenoxy) is 1. The molecule has 128 valence electrons. The van der Waals surface area contributed by atoms with Crippen LogP contribution in [-0.4, -0.2) is 31.6 Å². The van der Waals surface area contributed by atoms with Crippen molar-refractivity contribution in [2.75, 3.05) is 19.7 Å². The molecule has 2 heterocycles. The van der Waals surface area contributed by atoms with Gasteiger partial charge in [0.05, 0.1) is 24.0 Å². The summed E-state index contributed by atoms with van der Waals surface area (Å²) in [7, 11) is 0. The van der Waals surface area contributed by atoms with E-state index in [1.54, 1.807) is 16.2 Å². The Morgan fingerprint density at radius 3 is 2.62 bits per heavy atom. The lowest BCUT2D eigenvalue weighted by Gasteiger charge is -2.29. The minimum atomic E-state index is -0.0634. The first-order chi connectivity index (χ1) is 11.7. The number of quaternary nitrogens is 1. The Morgan fingerprint density at radius 2 is 1.96 bits per heavy atom. The van der Waals surface area contributed by atoms with E-state index in [4.69, 9.17) is 4.74 Å². The van der Waals surface area contributed by atoms with Gasteiger partial charge in [-0.2, -0.15) is 0 Å². The van der Waals surface area contributed by atoms with Crippen molar-refractivity contribution in [3.63, 3.8) is 0 Å². The second kappa shape index (κ2) is 8.31. The molecule has 1 saturated heterocycles. The molecule has 5 heteroatoms. The summed E-state index contributed by atoms with van der Waals surface area (Å²) in [5.74, 6) is 0.659. The molecule has 1 aliphatic heterocycles. The van der Waals surface area contributed by atoms with Gasteiger partial charge < -0.3 is 15.0 Å². The van der Waals surface area contributed by atoms with Crippen molar-refractivity contribution in [3.8, 4) is 5.75 Å². The summed E-state index contributed by atoms with van der Waals surface area (Å²) < 4.78 is 5.55. The molecule has 1 fully saturated rings. The lowest BCUT2D eigenvalue weighted by atomic mass is 10.1. The highest BCUT2D eigenvalue weighted by atomic mass is 32.1. The molecule has 1 aromatic heterocycles. The SMILES string of the molecule is C[C@H](NC(=O)COc1ccccc1)[C@H](c1cccs1)[NH+]1CCCC1. The zero-order valence-electron chi connectivity index (χ0n) is 14.0. The number of para-hydroxylation sites is 1. The van der Waals surface area contributed by atoms with Crippen LogP contribution in [0.25, 0.3) is 0 Å². The van der Waals surface area contributed by atoms with Gasteiger partial charge in [0.2, 0.25) is 0 Å². The van der Waals surface area contributed by atoms with Gasteiger partial charge in [0.25, 0.3) is 5.91 Å². The van der Waals surface area contributed by atoms with Crippen LogP contribution in [0.15, 0.2) is 47.8 Å². The average molecular weight is 345 g/mol. The van der Waals surface area contributed by atoms with E-state index >= 15 is 0 Å². The minimum Gasteiger partial charge on any atom is -0.484 e. The predicted octanol–water partition coefficient (Wildman–Crippen LogP) is 2.05. The number of hydrogen-bond donors (Lipinski definition) is 2. The third-order valence-electron chi connectivity index (χ3n) is 4.54. The lowest BCUT2D eigenvalue weighted by Crippen LogP contribution is -3.11. The van der Waals surface area contributed by atoms with Gasteiger partial charge in [-0.15, -0.1) is 11.3 Å². The number of benzene rings is 1. The van der Waals surface area contributed by atoms with Gasteiger partial charge in [0.1, 0.15) is 11.8 Å². The Bertz CT molecular complexity index is 624. The Balaban J connectivity index is 1.58. The van der Waals surface area contributed by atoms with E-state index in [0.717, 1.165) is 5.75 Å². The molecule has 2 atom stereocenters. The molecular weight excluding hydrogens is 320 g/mol. The first kappa shape index (κ1) is 17.0. The highest BCUT2D eigenvalue weighted by Gasteiger charge is 2.33. The third-order valence-corrected chi connectivity index (χ3v) is 5.49. The van der Waals surface area contributed by atoms with Crippen LogP contribution in [0.2, 0.25) is 0 Å². The van der Waals surface area contributed by atoms with E-state index in [0.29, 0.717) is 6.04 Å². The number of rotatable bonds is 7. The molecule has 0 unspecified atom stereocenters. The van der Waals surface area contributed by atoms with E-state index in [1.165, 1.54) is 30.8 Å². The summed E-state index contributed by atoms with van der Waals surface area (Å²) in [6, 6.07) is 14.1. The standard InChI is InChI=1S/C19H24N2O2S/c1-15(20-18(22)14-23-16-8-3-2-4-9-16)19(17-10-7-13-24-17)21-11-5-6-12-21/h2-4,7-10,13,15,19H,5-6,11-12,14H2,1H3,(H,20,22)/p+1/t15-,19+/m0/s1. The van der Waals surface area contributed by atoms with Crippen LogP contribution >= 0.6 is 11.3 Å². The van der Waals surface area contributed by atoms with Crippen molar-refractivity contribution in [2.24, 2.45) is 0 Å². The number of amides is 1. The van der Waals surface area contributed by atoms with E-state index < -0.39 is 0 Å². The summed E-state index contributed by atoms with van der Waals surface area (Å²) in [6.07, 6.45) is 2.55. The molecule has 0 aliphatic carbocycles. The average Bonchev–Trinajstić information content (AvgIpc) is 3.29. The second-order valence-electron chi connectivity index (χ2n) is 6.32. The topological polar surface area (TPSA) is 42.8 Å². The maximum Gasteiger partial charge on any atom is 0.258 e. The molecule has 1 amide bonds. The van der Waals surface area contributed by atoms with Crippen molar-refractivity contribution in [2.45, 2.75) is 31.8 Å². The molecule has 1 aromatic carbocycles. The zero-order chi connectivity index (χ0) is 16.8. The number of hydrogen-bond acceptors (Lipinski definition) is 3. The molecule has 1 aliphatic rings. The van der Waals surface area contributed by atoms with Crippen LogP contribution in [-0.2, 0) is 4.79 Å². The fourth-order valence-corrected chi connectivity index (χ4v) is 4.44. The highest BCUT2D eigenvalue weighted by Crippen LogP contribution is 2.20. The van der Waals surface area contributed by atoms with Crippen molar-refractivity contribution in [1.29, 1.82) is 0 Å². The summed E-state index contributed by atoms with van der Waals surface area (Å²) in [6.45, 7) is 4.53. The highest BCUT2D eigenvalue weighted by molar-refractivity contribution is 7.10. The van der Waals surface area contributed by atoms with Crippen LogP contribution < -0.4 is 15.0 Å². The molecule has 3 rings (SSSR count). The molecule has 4 nitrogen and oxygen atoms in total.